The highest BCUT2D eigenvalue weighted by Gasteiger charge is 2.41. The second kappa shape index (κ2) is 4.11. The lowest BCUT2D eigenvalue weighted by molar-refractivity contribution is -0.756. The number of rotatable bonds is 4. The van der Waals surface area contributed by atoms with E-state index >= 15 is 0 Å². The highest BCUT2D eigenvalue weighted by atomic mass is 19.1. The van der Waals surface area contributed by atoms with Gasteiger partial charge in [0.15, 0.2) is 0 Å². The molecule has 2 heterocycles. The molecule has 0 aliphatic rings. The second-order valence-corrected chi connectivity index (χ2v) is 2.77. The summed E-state index contributed by atoms with van der Waals surface area (Å²) in [5.41, 5.74) is 0. The molecule has 2 aromatic rings. The molecule has 0 aliphatic heterocycles. The van der Waals surface area contributed by atoms with E-state index in [1.165, 1.54) is 0 Å². The number of nitrogens with zero attached hydrogens (tertiary/aromatic N) is 6. The average Bonchev–Trinajstić information content (AvgIpc) is 2.85. The summed E-state index contributed by atoms with van der Waals surface area (Å²) in [5, 5.41) is 27.0. The minimum Gasteiger partial charge on any atom is -0.323 e. The summed E-state index contributed by atoms with van der Waals surface area (Å²) in [6.07, 6.45) is -3.69. The van der Waals surface area contributed by atoms with E-state index in [0.717, 1.165) is 0 Å². The first-order chi connectivity index (χ1) is 8.49. The van der Waals surface area contributed by atoms with Crippen molar-refractivity contribution in [1.29, 1.82) is 0 Å². The maximum absolute atomic E-state index is 12.4. The first-order valence-corrected chi connectivity index (χ1v) is 4.09. The lowest BCUT2D eigenvalue weighted by Crippen LogP contribution is -2.19. The Morgan fingerprint density at radius 2 is 1.61 bits per heavy atom. The number of hydrogen-bond acceptors (Lipinski definition) is 10. The third kappa shape index (κ3) is 1.95. The summed E-state index contributed by atoms with van der Waals surface area (Å²) in [7, 11) is 0. The molecule has 0 spiro atoms. The van der Waals surface area contributed by atoms with Crippen LogP contribution in [0.15, 0.2) is 9.05 Å². The minimum absolute atomic E-state index is 0.451. The highest BCUT2D eigenvalue weighted by molar-refractivity contribution is 5.39. The molecule has 0 atom stereocenters. The van der Waals surface area contributed by atoms with E-state index in [9.17, 15) is 24.6 Å². The fourth-order valence-corrected chi connectivity index (χ4v) is 0.984. The van der Waals surface area contributed by atoms with Gasteiger partial charge in [-0.1, -0.05) is 10.3 Å². The van der Waals surface area contributed by atoms with Gasteiger partial charge in [-0.05, 0) is 0 Å². The van der Waals surface area contributed by atoms with Gasteiger partial charge in [0.1, 0.15) is 9.85 Å². The molecule has 18 heavy (non-hydrogen) atoms. The molecule has 0 radical (unpaired) electrons. The number of aromatic nitrogens is 4. The fraction of sp³-hybridized carbons (Fsp3) is 0.200. The molecule has 0 amide bonds. The Labute approximate surface area is 94.7 Å². The van der Waals surface area contributed by atoms with Gasteiger partial charge in [-0.15, -0.1) is 4.39 Å². The normalized spacial score (nSPS) is 10.8. The van der Waals surface area contributed by atoms with Crippen LogP contribution >= 0.6 is 0 Å². The van der Waals surface area contributed by atoms with E-state index in [1.54, 1.807) is 0 Å². The minimum atomic E-state index is -2.41. The Bertz CT molecular complexity index is 593. The van der Waals surface area contributed by atoms with Crippen LogP contribution < -0.4 is 0 Å². The summed E-state index contributed by atoms with van der Waals surface area (Å²) in [4.78, 5) is 24.8. The van der Waals surface area contributed by atoms with Crippen LogP contribution in [0.4, 0.5) is 4.39 Å². The van der Waals surface area contributed by atoms with Crippen LogP contribution in [-0.4, -0.2) is 30.1 Å². The molecule has 94 valence electrons. The van der Waals surface area contributed by atoms with Crippen LogP contribution in [-0.2, 0) is 0 Å². The summed E-state index contributed by atoms with van der Waals surface area (Å²) in [5.74, 6) is -1.80. The predicted octanol–water partition coefficient (Wildman–Crippen LogP) is -0.189. The summed E-state index contributed by atoms with van der Waals surface area (Å²) < 4.78 is 20.7. The van der Waals surface area contributed by atoms with Gasteiger partial charge < -0.3 is 9.05 Å². The van der Waals surface area contributed by atoms with Gasteiger partial charge in [-0.3, -0.25) is 20.2 Å². The maximum atomic E-state index is 12.4. The van der Waals surface area contributed by atoms with Gasteiger partial charge >= 0.3 is 18.2 Å². The largest absolute Gasteiger partial charge is 0.527 e. The van der Waals surface area contributed by atoms with Gasteiger partial charge in [-0.2, -0.15) is 9.97 Å². The highest BCUT2D eigenvalue weighted by Crippen LogP contribution is 2.18. The third-order valence-electron chi connectivity index (χ3n) is 1.66. The monoisotopic (exact) mass is 260 g/mol. The van der Waals surface area contributed by atoms with E-state index < -0.39 is 39.7 Å². The molecule has 2 rings (SSSR count). The van der Waals surface area contributed by atoms with Crippen molar-refractivity contribution in [2.24, 2.45) is 0 Å². The Morgan fingerprint density at radius 3 is 2.11 bits per heavy atom. The summed E-state index contributed by atoms with van der Waals surface area (Å²) >= 11 is 0. The molecule has 12 nitrogen and oxygen atoms in total. The van der Waals surface area contributed by atoms with E-state index in [4.69, 9.17) is 0 Å². The van der Waals surface area contributed by atoms with Crippen LogP contribution in [0.5, 0.6) is 0 Å². The standard InChI is InChI=1S/C5HFN6O6/c6-5-8-2(10-18-5)1-7-3(17-9-1)4(11(13)14)12(15)16/h4H. The van der Waals surface area contributed by atoms with Gasteiger partial charge in [0.05, 0.1) is 0 Å². The Kier molecular flexibility index (Phi) is 2.63. The molecule has 0 N–H and O–H groups in total. The van der Waals surface area contributed by atoms with Crippen LogP contribution in [0.2, 0.25) is 0 Å². The van der Waals surface area contributed by atoms with Crippen molar-refractivity contribution in [2.45, 2.75) is 6.17 Å². The Hall–Kier alpha value is -2.99. The molecule has 0 bridgehead atoms. The van der Waals surface area contributed by atoms with Crippen molar-refractivity contribution < 1.29 is 23.3 Å². The molecule has 0 aromatic carbocycles. The molecule has 0 unspecified atom stereocenters. The Morgan fingerprint density at radius 1 is 1.06 bits per heavy atom. The lowest BCUT2D eigenvalue weighted by Gasteiger charge is -1.94. The topological polar surface area (TPSA) is 164 Å². The fourth-order valence-electron chi connectivity index (χ4n) is 0.984. The third-order valence-corrected chi connectivity index (χ3v) is 1.66. The Balaban J connectivity index is 2.35. The first-order valence-electron chi connectivity index (χ1n) is 4.09. The zero-order chi connectivity index (χ0) is 13.3. The smallest absolute Gasteiger partial charge is 0.323 e. The van der Waals surface area contributed by atoms with Crippen molar-refractivity contribution >= 4 is 0 Å². The van der Waals surface area contributed by atoms with E-state index in [2.05, 4.69) is 29.3 Å². The van der Waals surface area contributed by atoms with Crippen molar-refractivity contribution in [1.82, 2.24) is 20.3 Å². The molecule has 0 fully saturated rings. The van der Waals surface area contributed by atoms with Crippen molar-refractivity contribution in [2.75, 3.05) is 0 Å². The molecule has 0 aliphatic carbocycles. The quantitative estimate of drug-likeness (QED) is 0.408. The maximum Gasteiger partial charge on any atom is 0.527 e. The zero-order valence-corrected chi connectivity index (χ0v) is 8.09. The van der Waals surface area contributed by atoms with Crippen LogP contribution in [0.25, 0.3) is 11.6 Å². The van der Waals surface area contributed by atoms with E-state index in [1.807, 2.05) is 0 Å². The van der Waals surface area contributed by atoms with E-state index in [0.29, 0.717) is 0 Å². The molecular weight excluding hydrogens is 259 g/mol. The van der Waals surface area contributed by atoms with Crippen LogP contribution in [0, 0.1) is 26.4 Å². The van der Waals surface area contributed by atoms with Gasteiger partial charge in [0, 0.05) is 0 Å². The second-order valence-electron chi connectivity index (χ2n) is 2.77. The predicted molar refractivity (Wildman–Crippen MR) is 44.3 cm³/mol. The van der Waals surface area contributed by atoms with Crippen LogP contribution in [0.1, 0.15) is 12.1 Å². The lowest BCUT2D eigenvalue weighted by atomic mass is 10.5. The molecular formula is C5HFN6O6. The molecule has 0 saturated heterocycles. The first kappa shape index (κ1) is 11.5. The summed E-state index contributed by atoms with van der Waals surface area (Å²) in [6, 6.07) is 0. The van der Waals surface area contributed by atoms with Gasteiger partial charge in [0.25, 0.3) is 0 Å². The number of hydrogen-bond donors (Lipinski definition) is 0. The SMILES string of the molecule is O=[N+]([O-])C(c1nc(-c2noc(F)n2)no1)[N+](=O)[O-]. The molecule has 2 aromatic heterocycles. The zero-order valence-electron chi connectivity index (χ0n) is 8.09. The van der Waals surface area contributed by atoms with Crippen molar-refractivity contribution in [3.05, 3.63) is 32.3 Å². The summed E-state index contributed by atoms with van der Waals surface area (Å²) in [6.45, 7) is 0. The number of nitro groups is 2. The average molecular weight is 260 g/mol. The molecule has 0 saturated carbocycles. The van der Waals surface area contributed by atoms with Crippen LogP contribution in [0.3, 0.4) is 0 Å². The molecule has 13 heteroatoms. The van der Waals surface area contributed by atoms with Gasteiger partial charge in [0.2, 0.25) is 11.6 Å². The van der Waals surface area contributed by atoms with Crippen molar-refractivity contribution in [3.8, 4) is 11.6 Å². The van der Waals surface area contributed by atoms with Gasteiger partial charge in [-0.25, -0.2) is 0 Å². The van der Waals surface area contributed by atoms with E-state index in [-0.39, 0.29) is 0 Å². The van der Waals surface area contributed by atoms with Crippen molar-refractivity contribution in [3.63, 3.8) is 0 Å². The number of halogens is 1.